The Morgan fingerprint density at radius 1 is 1.20 bits per heavy atom. The van der Waals surface area contributed by atoms with E-state index >= 15 is 0 Å². The van der Waals surface area contributed by atoms with Crippen LogP contribution in [0.2, 0.25) is 0 Å². The van der Waals surface area contributed by atoms with Gasteiger partial charge in [0.1, 0.15) is 23.5 Å². The van der Waals surface area contributed by atoms with Crippen molar-refractivity contribution >= 4 is 17.6 Å². The van der Waals surface area contributed by atoms with E-state index in [1.54, 1.807) is 54.5 Å². The number of esters is 1. The minimum Gasteiger partial charge on any atom is -0.461 e. The van der Waals surface area contributed by atoms with Crippen molar-refractivity contribution in [3.8, 4) is 5.82 Å². The van der Waals surface area contributed by atoms with Gasteiger partial charge in [0, 0.05) is 24.3 Å². The summed E-state index contributed by atoms with van der Waals surface area (Å²) in [6, 6.07) is 8.14. The Kier molecular flexibility index (Phi) is 4.79. The summed E-state index contributed by atoms with van der Waals surface area (Å²) in [5, 5.41) is 2.69. The van der Waals surface area contributed by atoms with Crippen molar-refractivity contribution in [2.75, 3.05) is 11.9 Å². The number of pyridine rings is 2. The molecule has 0 aliphatic carbocycles. The van der Waals surface area contributed by atoms with Gasteiger partial charge in [-0.15, -0.1) is 0 Å². The number of hydrogen-bond donors (Lipinski definition) is 1. The van der Waals surface area contributed by atoms with E-state index in [1.807, 2.05) is 0 Å². The lowest BCUT2D eigenvalue weighted by Gasteiger charge is -2.08. The first kappa shape index (κ1) is 16.3. The van der Waals surface area contributed by atoms with Gasteiger partial charge in [-0.3, -0.25) is 9.36 Å². The highest BCUT2D eigenvalue weighted by atomic mass is 16.5. The van der Waals surface area contributed by atoms with Gasteiger partial charge in [-0.25, -0.2) is 19.7 Å². The first-order valence-electron chi connectivity index (χ1n) is 7.57. The van der Waals surface area contributed by atoms with Crippen LogP contribution in [-0.4, -0.2) is 38.0 Å². The van der Waals surface area contributed by atoms with E-state index < -0.39 is 11.9 Å². The number of carbonyl (C=O) groups excluding carboxylic acids is 2. The maximum Gasteiger partial charge on any atom is 0.356 e. The van der Waals surface area contributed by atoms with Crippen LogP contribution in [0.4, 0.5) is 5.69 Å². The fourth-order valence-corrected chi connectivity index (χ4v) is 2.11. The lowest BCUT2D eigenvalue weighted by atomic mass is 10.3. The summed E-state index contributed by atoms with van der Waals surface area (Å²) >= 11 is 0. The zero-order valence-electron chi connectivity index (χ0n) is 13.4. The second-order valence-electron chi connectivity index (χ2n) is 4.96. The maximum atomic E-state index is 12.4. The van der Waals surface area contributed by atoms with Crippen LogP contribution in [0.15, 0.2) is 55.2 Å². The van der Waals surface area contributed by atoms with Crippen LogP contribution in [0.5, 0.6) is 0 Å². The zero-order valence-corrected chi connectivity index (χ0v) is 13.4. The lowest BCUT2D eigenvalue weighted by Crippen LogP contribution is -2.15. The number of carbonyl (C=O) groups is 2. The van der Waals surface area contributed by atoms with Crippen LogP contribution in [-0.2, 0) is 4.74 Å². The Labute approximate surface area is 143 Å². The Balaban J connectivity index is 1.78. The lowest BCUT2D eigenvalue weighted by molar-refractivity contribution is 0.0519. The minimum absolute atomic E-state index is 0.125. The van der Waals surface area contributed by atoms with E-state index in [2.05, 4.69) is 20.3 Å². The average molecular weight is 337 g/mol. The third-order valence-corrected chi connectivity index (χ3v) is 3.24. The fraction of sp³-hybridized carbons (Fsp3) is 0.118. The topological polar surface area (TPSA) is 99.0 Å². The third kappa shape index (κ3) is 3.86. The highest BCUT2D eigenvalue weighted by molar-refractivity contribution is 6.03. The zero-order chi connectivity index (χ0) is 17.6. The van der Waals surface area contributed by atoms with E-state index in [4.69, 9.17) is 4.74 Å². The minimum atomic E-state index is -0.543. The molecule has 3 aromatic heterocycles. The molecular weight excluding hydrogens is 322 g/mol. The summed E-state index contributed by atoms with van der Waals surface area (Å²) in [6.45, 7) is 1.96. The number of hydrogen-bond acceptors (Lipinski definition) is 6. The van der Waals surface area contributed by atoms with Gasteiger partial charge in [0.05, 0.1) is 6.61 Å². The number of nitrogens with one attached hydrogen (secondary N) is 1. The first-order chi connectivity index (χ1) is 12.2. The molecule has 3 heterocycles. The van der Waals surface area contributed by atoms with E-state index in [0.29, 0.717) is 11.5 Å². The summed E-state index contributed by atoms with van der Waals surface area (Å²) in [6.07, 6.45) is 6.39. The molecular formula is C17H15N5O3. The van der Waals surface area contributed by atoms with Gasteiger partial charge in [0.2, 0.25) is 0 Å². The molecule has 0 saturated heterocycles. The fourth-order valence-electron chi connectivity index (χ4n) is 2.11. The summed E-state index contributed by atoms with van der Waals surface area (Å²) < 4.78 is 6.59. The number of aromatic nitrogens is 4. The molecule has 0 saturated carbocycles. The highest BCUT2D eigenvalue weighted by Crippen LogP contribution is 2.12. The third-order valence-electron chi connectivity index (χ3n) is 3.24. The Morgan fingerprint density at radius 3 is 2.84 bits per heavy atom. The van der Waals surface area contributed by atoms with Gasteiger partial charge >= 0.3 is 5.97 Å². The first-order valence-corrected chi connectivity index (χ1v) is 7.57. The number of nitrogens with zero attached hydrogens (tertiary/aromatic N) is 4. The van der Waals surface area contributed by atoms with Crippen molar-refractivity contribution in [2.45, 2.75) is 6.92 Å². The number of ether oxygens (including phenoxy) is 1. The van der Waals surface area contributed by atoms with Crippen molar-refractivity contribution < 1.29 is 14.3 Å². The van der Waals surface area contributed by atoms with Crippen LogP contribution in [0, 0.1) is 0 Å². The second-order valence-corrected chi connectivity index (χ2v) is 4.96. The summed E-state index contributed by atoms with van der Waals surface area (Å²) in [4.78, 5) is 36.3. The van der Waals surface area contributed by atoms with Crippen molar-refractivity contribution in [1.82, 2.24) is 19.5 Å². The van der Waals surface area contributed by atoms with Crippen molar-refractivity contribution in [1.29, 1.82) is 0 Å². The molecule has 0 spiro atoms. The molecule has 3 rings (SSSR count). The molecule has 1 N–H and O–H groups in total. The molecule has 3 aromatic rings. The second kappa shape index (κ2) is 7.35. The molecule has 0 fully saturated rings. The molecule has 1 amide bonds. The van der Waals surface area contributed by atoms with Gasteiger partial charge in [0.15, 0.2) is 0 Å². The molecule has 8 heteroatoms. The highest BCUT2D eigenvalue weighted by Gasteiger charge is 2.12. The van der Waals surface area contributed by atoms with Crippen LogP contribution in [0.25, 0.3) is 5.82 Å². The standard InChI is InChI=1S/C17H15N5O3/c1-2-25-17(24)14-10-12(6-7-19-14)20-16(23)13-4-3-5-15(21-13)22-9-8-18-11-22/h3-11H,2H2,1H3,(H,19,20,23). The molecule has 25 heavy (non-hydrogen) atoms. The van der Waals surface area contributed by atoms with Crippen molar-refractivity contribution in [3.63, 3.8) is 0 Å². The molecule has 8 nitrogen and oxygen atoms in total. The van der Waals surface area contributed by atoms with Gasteiger partial charge in [-0.2, -0.15) is 0 Å². The van der Waals surface area contributed by atoms with E-state index in [1.165, 1.54) is 12.3 Å². The van der Waals surface area contributed by atoms with E-state index in [0.717, 1.165) is 0 Å². The summed E-state index contributed by atoms with van der Waals surface area (Å²) in [7, 11) is 0. The molecule has 0 bridgehead atoms. The normalized spacial score (nSPS) is 10.3. The summed E-state index contributed by atoms with van der Waals surface area (Å²) in [5.74, 6) is -0.367. The number of amides is 1. The van der Waals surface area contributed by atoms with Crippen molar-refractivity contribution in [2.24, 2.45) is 0 Å². The van der Waals surface area contributed by atoms with Crippen molar-refractivity contribution in [3.05, 3.63) is 66.6 Å². The van der Waals surface area contributed by atoms with Crippen LogP contribution in [0.3, 0.4) is 0 Å². The van der Waals surface area contributed by atoms with Gasteiger partial charge in [-0.05, 0) is 31.2 Å². The monoisotopic (exact) mass is 337 g/mol. The maximum absolute atomic E-state index is 12.4. The largest absolute Gasteiger partial charge is 0.461 e. The van der Waals surface area contributed by atoms with E-state index in [-0.39, 0.29) is 18.0 Å². The number of anilines is 1. The molecule has 0 aliphatic rings. The van der Waals surface area contributed by atoms with Gasteiger partial charge < -0.3 is 10.1 Å². The quantitative estimate of drug-likeness (QED) is 0.716. The Bertz CT molecular complexity index is 893. The van der Waals surface area contributed by atoms with Crippen LogP contribution < -0.4 is 5.32 Å². The smallest absolute Gasteiger partial charge is 0.356 e. The molecule has 0 aromatic carbocycles. The molecule has 0 radical (unpaired) electrons. The molecule has 0 atom stereocenters. The van der Waals surface area contributed by atoms with Crippen LogP contribution in [0.1, 0.15) is 27.9 Å². The Morgan fingerprint density at radius 2 is 2.08 bits per heavy atom. The predicted octanol–water partition coefficient (Wildman–Crippen LogP) is 2.09. The van der Waals surface area contributed by atoms with Gasteiger partial charge in [-0.1, -0.05) is 6.07 Å². The number of rotatable bonds is 5. The number of imidazole rings is 1. The molecule has 0 unspecified atom stereocenters. The van der Waals surface area contributed by atoms with Gasteiger partial charge in [0.25, 0.3) is 5.91 Å². The predicted molar refractivity (Wildman–Crippen MR) is 89.5 cm³/mol. The Hall–Kier alpha value is -3.55. The van der Waals surface area contributed by atoms with E-state index in [9.17, 15) is 9.59 Å². The SMILES string of the molecule is CCOC(=O)c1cc(NC(=O)c2cccc(-n3ccnc3)n2)ccn1. The van der Waals surface area contributed by atoms with Crippen LogP contribution >= 0.6 is 0 Å². The summed E-state index contributed by atoms with van der Waals surface area (Å²) in [5.41, 5.74) is 0.790. The molecule has 126 valence electrons. The molecule has 0 aliphatic heterocycles. The average Bonchev–Trinajstić information content (AvgIpc) is 3.17.